The molecule has 0 aliphatic heterocycles. The second-order valence-electron chi connectivity index (χ2n) is 5.02. The SMILES string of the molecule is CCCNC(C)c1ccnc(Sc2ccc(C)cc2)c1. The van der Waals surface area contributed by atoms with Crippen molar-refractivity contribution in [3.05, 3.63) is 53.7 Å². The average Bonchev–Trinajstić information content (AvgIpc) is 2.47. The Morgan fingerprint density at radius 1 is 1.20 bits per heavy atom. The van der Waals surface area contributed by atoms with Crippen molar-refractivity contribution >= 4 is 11.8 Å². The molecule has 0 spiro atoms. The second-order valence-corrected chi connectivity index (χ2v) is 6.11. The molecule has 1 unspecified atom stereocenters. The highest BCUT2D eigenvalue weighted by Gasteiger charge is 2.06. The largest absolute Gasteiger partial charge is 0.310 e. The summed E-state index contributed by atoms with van der Waals surface area (Å²) in [6.07, 6.45) is 3.05. The molecule has 1 heterocycles. The molecule has 2 aromatic rings. The lowest BCUT2D eigenvalue weighted by Gasteiger charge is -2.14. The molecule has 2 rings (SSSR count). The van der Waals surface area contributed by atoms with Gasteiger partial charge in [-0.25, -0.2) is 4.98 Å². The fourth-order valence-electron chi connectivity index (χ4n) is 1.96. The van der Waals surface area contributed by atoms with Gasteiger partial charge in [-0.15, -0.1) is 0 Å². The van der Waals surface area contributed by atoms with Crippen LogP contribution in [0.2, 0.25) is 0 Å². The van der Waals surface area contributed by atoms with Crippen molar-refractivity contribution in [2.45, 2.75) is 43.2 Å². The third-order valence-electron chi connectivity index (χ3n) is 3.20. The Morgan fingerprint density at radius 3 is 2.65 bits per heavy atom. The highest BCUT2D eigenvalue weighted by Crippen LogP contribution is 2.27. The Hall–Kier alpha value is -1.32. The summed E-state index contributed by atoms with van der Waals surface area (Å²) in [6.45, 7) is 7.54. The number of hydrogen-bond donors (Lipinski definition) is 1. The van der Waals surface area contributed by atoms with Crippen molar-refractivity contribution in [3.63, 3.8) is 0 Å². The van der Waals surface area contributed by atoms with Crippen LogP contribution in [0.25, 0.3) is 0 Å². The standard InChI is InChI=1S/C17H22N2S/c1-4-10-18-14(3)15-9-11-19-17(12-15)20-16-7-5-13(2)6-8-16/h5-9,11-12,14,18H,4,10H2,1-3H3. The molecule has 2 nitrogen and oxygen atoms in total. The first kappa shape index (κ1) is 15.1. The monoisotopic (exact) mass is 286 g/mol. The Labute approximate surface area is 126 Å². The third kappa shape index (κ3) is 4.36. The van der Waals surface area contributed by atoms with E-state index in [0.29, 0.717) is 6.04 Å². The van der Waals surface area contributed by atoms with Gasteiger partial charge in [-0.3, -0.25) is 0 Å². The summed E-state index contributed by atoms with van der Waals surface area (Å²) in [5.74, 6) is 0. The lowest BCUT2D eigenvalue weighted by molar-refractivity contribution is 0.569. The van der Waals surface area contributed by atoms with Crippen molar-refractivity contribution in [3.8, 4) is 0 Å². The number of benzene rings is 1. The van der Waals surface area contributed by atoms with Crippen molar-refractivity contribution < 1.29 is 0 Å². The van der Waals surface area contributed by atoms with E-state index in [4.69, 9.17) is 0 Å². The maximum Gasteiger partial charge on any atom is 0.101 e. The minimum absolute atomic E-state index is 0.371. The molecule has 106 valence electrons. The van der Waals surface area contributed by atoms with E-state index in [0.717, 1.165) is 18.0 Å². The highest BCUT2D eigenvalue weighted by molar-refractivity contribution is 7.99. The summed E-state index contributed by atoms with van der Waals surface area (Å²) < 4.78 is 0. The molecule has 20 heavy (non-hydrogen) atoms. The van der Waals surface area contributed by atoms with Crippen molar-refractivity contribution in [1.29, 1.82) is 0 Å². The topological polar surface area (TPSA) is 24.9 Å². The molecule has 0 fully saturated rings. The molecule has 1 aromatic carbocycles. The fraction of sp³-hybridized carbons (Fsp3) is 0.353. The van der Waals surface area contributed by atoms with E-state index >= 15 is 0 Å². The molecule has 0 radical (unpaired) electrons. The van der Waals surface area contributed by atoms with Crippen LogP contribution >= 0.6 is 11.8 Å². The Kier molecular flexibility index (Phi) is 5.62. The van der Waals surface area contributed by atoms with Gasteiger partial charge in [0.15, 0.2) is 0 Å². The van der Waals surface area contributed by atoms with Crippen LogP contribution in [0.15, 0.2) is 52.5 Å². The minimum atomic E-state index is 0.371. The van der Waals surface area contributed by atoms with E-state index in [1.165, 1.54) is 16.0 Å². The zero-order valence-electron chi connectivity index (χ0n) is 12.4. The molecule has 1 aromatic heterocycles. The Morgan fingerprint density at radius 2 is 1.95 bits per heavy atom. The smallest absolute Gasteiger partial charge is 0.101 e. The number of aryl methyl sites for hydroxylation is 1. The second kappa shape index (κ2) is 7.46. The first-order chi connectivity index (χ1) is 9.69. The molecule has 0 saturated heterocycles. The lowest BCUT2D eigenvalue weighted by Crippen LogP contribution is -2.19. The van der Waals surface area contributed by atoms with Crippen molar-refractivity contribution in [2.75, 3.05) is 6.54 Å². The maximum absolute atomic E-state index is 4.45. The summed E-state index contributed by atoms with van der Waals surface area (Å²) in [7, 11) is 0. The van der Waals surface area contributed by atoms with Gasteiger partial charge in [0.05, 0.1) is 0 Å². The van der Waals surface area contributed by atoms with Crippen LogP contribution in [0.1, 0.15) is 37.4 Å². The predicted octanol–water partition coefficient (Wildman–Crippen LogP) is 4.60. The Bertz CT molecular complexity index is 537. The molecule has 0 aliphatic carbocycles. The van der Waals surface area contributed by atoms with E-state index < -0.39 is 0 Å². The number of pyridine rings is 1. The molecule has 0 saturated carbocycles. The van der Waals surface area contributed by atoms with Gasteiger partial charge in [-0.1, -0.05) is 36.4 Å². The van der Waals surface area contributed by atoms with Gasteiger partial charge in [0.2, 0.25) is 0 Å². The molecule has 0 amide bonds. The van der Waals surface area contributed by atoms with Crippen LogP contribution in [0.5, 0.6) is 0 Å². The normalized spacial score (nSPS) is 12.3. The molecule has 1 atom stereocenters. The minimum Gasteiger partial charge on any atom is -0.310 e. The quantitative estimate of drug-likeness (QED) is 0.840. The van der Waals surface area contributed by atoms with E-state index in [1.54, 1.807) is 11.8 Å². The van der Waals surface area contributed by atoms with Gasteiger partial charge in [-0.2, -0.15) is 0 Å². The summed E-state index contributed by atoms with van der Waals surface area (Å²) >= 11 is 1.71. The van der Waals surface area contributed by atoms with Crippen LogP contribution in [-0.2, 0) is 0 Å². The van der Waals surface area contributed by atoms with Crippen LogP contribution in [0, 0.1) is 6.92 Å². The average molecular weight is 286 g/mol. The number of nitrogens with zero attached hydrogens (tertiary/aromatic N) is 1. The van der Waals surface area contributed by atoms with Crippen LogP contribution in [0.4, 0.5) is 0 Å². The maximum atomic E-state index is 4.45. The molecular formula is C17H22N2S. The van der Waals surface area contributed by atoms with Crippen LogP contribution in [0.3, 0.4) is 0 Å². The van der Waals surface area contributed by atoms with Gasteiger partial charge in [0, 0.05) is 17.1 Å². The molecule has 3 heteroatoms. The first-order valence-corrected chi connectivity index (χ1v) is 7.94. The van der Waals surface area contributed by atoms with E-state index in [-0.39, 0.29) is 0 Å². The zero-order chi connectivity index (χ0) is 14.4. The number of aromatic nitrogens is 1. The third-order valence-corrected chi connectivity index (χ3v) is 4.14. The molecular weight excluding hydrogens is 264 g/mol. The zero-order valence-corrected chi connectivity index (χ0v) is 13.2. The van der Waals surface area contributed by atoms with Gasteiger partial charge >= 0.3 is 0 Å². The van der Waals surface area contributed by atoms with Crippen LogP contribution in [-0.4, -0.2) is 11.5 Å². The van der Waals surface area contributed by atoms with Crippen molar-refractivity contribution in [1.82, 2.24) is 10.3 Å². The fourth-order valence-corrected chi connectivity index (χ4v) is 2.78. The van der Waals surface area contributed by atoms with Gasteiger partial charge in [-0.05, 0) is 56.6 Å². The highest BCUT2D eigenvalue weighted by atomic mass is 32.2. The van der Waals surface area contributed by atoms with Gasteiger partial charge in [0.25, 0.3) is 0 Å². The number of hydrogen-bond acceptors (Lipinski definition) is 3. The summed E-state index contributed by atoms with van der Waals surface area (Å²) in [5, 5.41) is 4.56. The lowest BCUT2D eigenvalue weighted by atomic mass is 10.1. The molecule has 0 aliphatic rings. The predicted molar refractivity (Wildman–Crippen MR) is 86.2 cm³/mol. The van der Waals surface area contributed by atoms with Gasteiger partial charge < -0.3 is 5.32 Å². The molecule has 1 N–H and O–H groups in total. The molecule has 0 bridgehead atoms. The van der Waals surface area contributed by atoms with Gasteiger partial charge in [0.1, 0.15) is 5.03 Å². The Balaban J connectivity index is 2.07. The summed E-state index contributed by atoms with van der Waals surface area (Å²) in [4.78, 5) is 5.69. The van der Waals surface area contributed by atoms with Crippen molar-refractivity contribution in [2.24, 2.45) is 0 Å². The van der Waals surface area contributed by atoms with E-state index in [1.807, 2.05) is 6.20 Å². The number of rotatable bonds is 6. The van der Waals surface area contributed by atoms with E-state index in [9.17, 15) is 0 Å². The van der Waals surface area contributed by atoms with E-state index in [2.05, 4.69) is 67.5 Å². The number of nitrogens with one attached hydrogen (secondary N) is 1. The summed E-state index contributed by atoms with van der Waals surface area (Å²) in [5.41, 5.74) is 2.58. The first-order valence-electron chi connectivity index (χ1n) is 7.13. The van der Waals surface area contributed by atoms with Crippen LogP contribution < -0.4 is 5.32 Å². The summed E-state index contributed by atoms with van der Waals surface area (Å²) in [6, 6.07) is 13.2.